The van der Waals surface area contributed by atoms with Gasteiger partial charge in [0.05, 0.1) is 12.6 Å². The van der Waals surface area contributed by atoms with Crippen LogP contribution in [0.2, 0.25) is 0 Å². The predicted octanol–water partition coefficient (Wildman–Crippen LogP) is 2.11. The molecule has 2 aromatic carbocycles. The van der Waals surface area contributed by atoms with Gasteiger partial charge in [-0.05, 0) is 42.0 Å². The summed E-state index contributed by atoms with van der Waals surface area (Å²) in [6.07, 6.45) is 1.45. The van der Waals surface area contributed by atoms with Gasteiger partial charge in [-0.2, -0.15) is 5.10 Å². The first-order valence-electron chi connectivity index (χ1n) is 8.61. The number of hydrogen-bond acceptors (Lipinski definition) is 4. The van der Waals surface area contributed by atoms with Crippen LogP contribution in [0.1, 0.15) is 5.56 Å². The number of carbonyl (C=O) groups excluding carboxylic acids is 1. The average molecular weight is 380 g/mol. The van der Waals surface area contributed by atoms with Crippen molar-refractivity contribution in [2.24, 2.45) is 0 Å². The van der Waals surface area contributed by atoms with Gasteiger partial charge < -0.3 is 10.1 Å². The summed E-state index contributed by atoms with van der Waals surface area (Å²) in [5.74, 6) is -0.0237. The highest BCUT2D eigenvalue weighted by Crippen LogP contribution is 2.18. The van der Waals surface area contributed by atoms with Gasteiger partial charge in [-0.25, -0.2) is 9.07 Å². The van der Waals surface area contributed by atoms with Gasteiger partial charge in [-0.3, -0.25) is 14.0 Å². The van der Waals surface area contributed by atoms with Crippen LogP contribution in [-0.4, -0.2) is 27.2 Å². The summed E-state index contributed by atoms with van der Waals surface area (Å²) < 4.78 is 21.2. The highest BCUT2D eigenvalue weighted by atomic mass is 19.1. The zero-order valence-corrected chi connectivity index (χ0v) is 15.1. The average Bonchev–Trinajstić information content (AvgIpc) is 3.07. The van der Waals surface area contributed by atoms with Gasteiger partial charge in [0.25, 0.3) is 5.56 Å². The summed E-state index contributed by atoms with van der Waals surface area (Å²) in [5.41, 5.74) is 1.46. The van der Waals surface area contributed by atoms with Crippen LogP contribution in [0.5, 0.6) is 5.75 Å². The first-order valence-corrected chi connectivity index (χ1v) is 8.61. The number of fused-ring (bicyclic) bond motifs is 3. The molecule has 2 heterocycles. The maximum atomic E-state index is 13.4. The lowest BCUT2D eigenvalue weighted by molar-refractivity contribution is -0.122. The van der Waals surface area contributed by atoms with Gasteiger partial charge in [0.1, 0.15) is 30.0 Å². The molecule has 0 atom stereocenters. The third-order valence-corrected chi connectivity index (χ3v) is 4.48. The Morgan fingerprint density at radius 3 is 2.86 bits per heavy atom. The molecule has 0 spiro atoms. The number of aromatic nitrogens is 3. The maximum Gasteiger partial charge on any atom is 0.291 e. The minimum absolute atomic E-state index is 0.213. The monoisotopic (exact) mass is 380 g/mol. The first-order chi connectivity index (χ1) is 13.5. The molecule has 0 aliphatic heterocycles. The van der Waals surface area contributed by atoms with Crippen LogP contribution in [0, 0.1) is 5.82 Å². The van der Waals surface area contributed by atoms with Crippen molar-refractivity contribution in [1.82, 2.24) is 19.5 Å². The zero-order valence-electron chi connectivity index (χ0n) is 15.1. The molecule has 4 rings (SSSR count). The molecule has 8 heteroatoms. The molecule has 0 fully saturated rings. The topological polar surface area (TPSA) is 77.6 Å². The van der Waals surface area contributed by atoms with Gasteiger partial charge >= 0.3 is 0 Å². The van der Waals surface area contributed by atoms with Gasteiger partial charge in [0.15, 0.2) is 0 Å². The fraction of sp³-hybridized carbons (Fsp3) is 0.150. The number of ether oxygens (including phenoxy) is 1. The maximum absolute atomic E-state index is 13.4. The quantitative estimate of drug-likeness (QED) is 0.575. The molecule has 28 heavy (non-hydrogen) atoms. The normalized spacial score (nSPS) is 11.1. The van der Waals surface area contributed by atoms with Crippen molar-refractivity contribution in [2.45, 2.75) is 13.1 Å². The molecule has 0 unspecified atom stereocenters. The molecule has 0 saturated heterocycles. The molecule has 1 amide bonds. The van der Waals surface area contributed by atoms with Crippen molar-refractivity contribution in [3.8, 4) is 5.75 Å². The number of halogens is 1. The van der Waals surface area contributed by atoms with E-state index in [0.717, 1.165) is 10.2 Å². The molecule has 2 aromatic heterocycles. The van der Waals surface area contributed by atoms with Crippen LogP contribution in [0.4, 0.5) is 4.39 Å². The zero-order chi connectivity index (χ0) is 19.7. The Balaban J connectivity index is 1.54. The third-order valence-electron chi connectivity index (χ3n) is 4.48. The van der Waals surface area contributed by atoms with E-state index < -0.39 is 5.56 Å². The molecule has 0 aliphatic rings. The van der Waals surface area contributed by atoms with E-state index in [4.69, 9.17) is 4.74 Å². The van der Waals surface area contributed by atoms with Crippen LogP contribution in [0.25, 0.3) is 16.4 Å². The SMILES string of the molecule is COc1cccc(CNC(=O)Cn2ncn3c(cc4cc(F)ccc43)c2=O)c1. The van der Waals surface area contributed by atoms with Crippen LogP contribution < -0.4 is 15.6 Å². The molecule has 142 valence electrons. The van der Waals surface area contributed by atoms with Crippen LogP contribution in [0.3, 0.4) is 0 Å². The largest absolute Gasteiger partial charge is 0.497 e. The fourth-order valence-electron chi connectivity index (χ4n) is 3.08. The van der Waals surface area contributed by atoms with Crippen molar-refractivity contribution in [3.63, 3.8) is 0 Å². The Hall–Kier alpha value is -3.68. The van der Waals surface area contributed by atoms with Crippen molar-refractivity contribution >= 4 is 22.3 Å². The molecule has 4 aromatic rings. The fourth-order valence-corrected chi connectivity index (χ4v) is 3.08. The minimum atomic E-state index is -0.421. The number of hydrogen-bond donors (Lipinski definition) is 1. The number of rotatable bonds is 5. The summed E-state index contributed by atoms with van der Waals surface area (Å²) in [5, 5.41) is 7.42. The number of nitrogens with one attached hydrogen (secondary N) is 1. The lowest BCUT2D eigenvalue weighted by Gasteiger charge is -2.08. The van der Waals surface area contributed by atoms with Gasteiger partial charge in [-0.1, -0.05) is 12.1 Å². The van der Waals surface area contributed by atoms with E-state index >= 15 is 0 Å². The summed E-state index contributed by atoms with van der Waals surface area (Å²) in [6, 6.07) is 13.2. The highest BCUT2D eigenvalue weighted by molar-refractivity contribution is 5.86. The van der Waals surface area contributed by atoms with Crippen molar-refractivity contribution in [1.29, 1.82) is 0 Å². The third kappa shape index (κ3) is 3.32. The lowest BCUT2D eigenvalue weighted by Crippen LogP contribution is -2.33. The summed E-state index contributed by atoms with van der Waals surface area (Å²) in [6.45, 7) is 0.0938. The number of benzene rings is 2. The van der Waals surface area contributed by atoms with Crippen molar-refractivity contribution < 1.29 is 13.9 Å². The summed E-state index contributed by atoms with van der Waals surface area (Å²) >= 11 is 0. The van der Waals surface area contributed by atoms with E-state index in [-0.39, 0.29) is 18.3 Å². The van der Waals surface area contributed by atoms with Crippen LogP contribution >= 0.6 is 0 Å². The standard InChI is InChI=1S/C20H17FN4O3/c1-28-16-4-2-3-13(7-16)10-22-19(26)11-25-20(27)18-9-14-8-15(21)5-6-17(14)24(18)12-23-25/h2-9,12H,10-11H2,1H3,(H,22,26). The van der Waals surface area contributed by atoms with E-state index in [1.165, 1.54) is 18.5 Å². The minimum Gasteiger partial charge on any atom is -0.497 e. The van der Waals surface area contributed by atoms with E-state index in [0.29, 0.717) is 28.7 Å². The lowest BCUT2D eigenvalue weighted by atomic mass is 10.2. The number of amides is 1. The molecule has 7 nitrogen and oxygen atoms in total. The number of methoxy groups -OCH3 is 1. The Morgan fingerprint density at radius 1 is 1.18 bits per heavy atom. The number of carbonyl (C=O) groups is 1. The summed E-state index contributed by atoms with van der Waals surface area (Å²) in [4.78, 5) is 24.9. The van der Waals surface area contributed by atoms with Crippen molar-refractivity contribution in [3.05, 3.63) is 76.6 Å². The summed E-state index contributed by atoms with van der Waals surface area (Å²) in [7, 11) is 1.57. The second-order valence-electron chi connectivity index (χ2n) is 6.32. The van der Waals surface area contributed by atoms with E-state index in [2.05, 4.69) is 10.4 Å². The van der Waals surface area contributed by atoms with Gasteiger partial charge in [0.2, 0.25) is 5.91 Å². The second-order valence-corrected chi connectivity index (χ2v) is 6.32. The van der Waals surface area contributed by atoms with E-state index in [1.54, 1.807) is 23.6 Å². The Bertz CT molecular complexity index is 1250. The van der Waals surface area contributed by atoms with Crippen LogP contribution in [0.15, 0.2) is 59.7 Å². The van der Waals surface area contributed by atoms with Gasteiger partial charge in [-0.15, -0.1) is 0 Å². The first kappa shape index (κ1) is 17.7. The Labute approximate surface area is 159 Å². The Morgan fingerprint density at radius 2 is 2.04 bits per heavy atom. The molecule has 0 radical (unpaired) electrons. The smallest absolute Gasteiger partial charge is 0.291 e. The predicted molar refractivity (Wildman–Crippen MR) is 102 cm³/mol. The number of nitrogens with zero attached hydrogens (tertiary/aromatic N) is 3. The van der Waals surface area contributed by atoms with E-state index in [1.807, 2.05) is 24.3 Å². The van der Waals surface area contributed by atoms with Crippen LogP contribution in [-0.2, 0) is 17.9 Å². The molecule has 1 N–H and O–H groups in total. The highest BCUT2D eigenvalue weighted by Gasteiger charge is 2.12. The second kappa shape index (κ2) is 7.15. The molecule has 0 bridgehead atoms. The van der Waals surface area contributed by atoms with Crippen molar-refractivity contribution in [2.75, 3.05) is 7.11 Å². The molecule has 0 aliphatic carbocycles. The van der Waals surface area contributed by atoms with E-state index in [9.17, 15) is 14.0 Å². The molecular weight excluding hydrogens is 363 g/mol. The molecular formula is C20H17FN4O3. The molecule has 0 saturated carbocycles. The van der Waals surface area contributed by atoms with Gasteiger partial charge in [0, 0.05) is 11.9 Å². The Kier molecular flexibility index (Phi) is 4.52.